The molecule has 0 bridgehead atoms. The number of aryl methyl sites for hydroxylation is 1. The molecule has 1 fully saturated rings. The van der Waals surface area contributed by atoms with Gasteiger partial charge in [0.2, 0.25) is 17.7 Å². The number of ether oxygens (including phenoxy) is 1. The first-order valence-electron chi connectivity index (χ1n) is 12.3. The molecule has 1 saturated heterocycles. The second-order valence-corrected chi connectivity index (χ2v) is 8.93. The summed E-state index contributed by atoms with van der Waals surface area (Å²) in [5, 5.41) is 11.9. The molecule has 0 saturated carbocycles. The molecule has 4 aromatic rings. The van der Waals surface area contributed by atoms with Gasteiger partial charge in [-0.3, -0.25) is 9.59 Å². The fourth-order valence-electron chi connectivity index (χ4n) is 4.35. The van der Waals surface area contributed by atoms with Crippen molar-refractivity contribution in [2.24, 2.45) is 5.73 Å². The molecule has 0 radical (unpaired) electrons. The Morgan fingerprint density at radius 3 is 2.68 bits per heavy atom. The van der Waals surface area contributed by atoms with Gasteiger partial charge in [0.05, 0.1) is 34.9 Å². The summed E-state index contributed by atoms with van der Waals surface area (Å²) in [6, 6.07) is 7.03. The number of oxazole rings is 1. The van der Waals surface area contributed by atoms with Crippen molar-refractivity contribution >= 4 is 28.5 Å². The highest BCUT2D eigenvalue weighted by atomic mass is 16.5. The van der Waals surface area contributed by atoms with E-state index < -0.39 is 5.91 Å². The summed E-state index contributed by atoms with van der Waals surface area (Å²) >= 11 is 0. The number of aromatic nitrogens is 4. The Bertz CT molecular complexity index is 1400. The molecule has 2 amide bonds. The highest BCUT2D eigenvalue weighted by Gasteiger charge is 2.22. The third kappa shape index (κ3) is 5.46. The summed E-state index contributed by atoms with van der Waals surface area (Å²) in [4.78, 5) is 32.9. The number of nitrogens with one attached hydrogen (secondary N) is 2. The molecule has 1 aliphatic rings. The van der Waals surface area contributed by atoms with Gasteiger partial charge in [-0.15, -0.1) is 0 Å². The molecule has 1 aromatic carbocycles. The van der Waals surface area contributed by atoms with Crippen LogP contribution >= 0.6 is 0 Å². The van der Waals surface area contributed by atoms with Crippen LogP contribution in [0.4, 0.5) is 5.69 Å². The fraction of sp³-hybridized carbons (Fsp3) is 0.346. The highest BCUT2D eigenvalue weighted by Crippen LogP contribution is 2.34. The fourth-order valence-corrected chi connectivity index (χ4v) is 4.35. The van der Waals surface area contributed by atoms with Crippen molar-refractivity contribution in [3.05, 3.63) is 59.7 Å². The molecule has 5 rings (SSSR count). The summed E-state index contributed by atoms with van der Waals surface area (Å²) in [6.07, 6.45) is 6.90. The van der Waals surface area contributed by atoms with Gasteiger partial charge >= 0.3 is 0 Å². The van der Waals surface area contributed by atoms with Crippen molar-refractivity contribution in [2.45, 2.75) is 45.3 Å². The number of pyridine rings is 1. The molecular weight excluding hydrogens is 474 g/mol. The molecule has 0 aliphatic carbocycles. The number of hydrogen-bond acceptors (Lipinski definition) is 8. The van der Waals surface area contributed by atoms with E-state index in [-0.39, 0.29) is 18.4 Å². The number of rotatable bonds is 9. The van der Waals surface area contributed by atoms with Gasteiger partial charge in [0.25, 0.3) is 0 Å². The van der Waals surface area contributed by atoms with Crippen molar-refractivity contribution in [3.8, 4) is 11.5 Å². The predicted molar refractivity (Wildman–Crippen MR) is 137 cm³/mol. The highest BCUT2D eigenvalue weighted by molar-refractivity contribution is 5.96. The zero-order valence-electron chi connectivity index (χ0n) is 20.6. The lowest BCUT2D eigenvalue weighted by Crippen LogP contribution is -2.28. The largest absolute Gasteiger partial charge is 0.444 e. The molecule has 4 heterocycles. The van der Waals surface area contributed by atoms with Gasteiger partial charge in [-0.2, -0.15) is 5.10 Å². The van der Waals surface area contributed by atoms with Crippen LogP contribution in [0.25, 0.3) is 22.5 Å². The third-order valence-corrected chi connectivity index (χ3v) is 6.39. The van der Waals surface area contributed by atoms with Crippen molar-refractivity contribution < 1.29 is 18.7 Å². The molecule has 3 aromatic heterocycles. The summed E-state index contributed by atoms with van der Waals surface area (Å²) in [6.45, 7) is 4.48. The summed E-state index contributed by atoms with van der Waals surface area (Å²) in [7, 11) is 0. The van der Waals surface area contributed by atoms with Gasteiger partial charge in [-0.1, -0.05) is 12.1 Å². The minimum absolute atomic E-state index is 0.0645. The SMILES string of the molecule is CCn1ncc2c(NC3CCOCC3)c(-c3nc(CC(=O)NCc4ccc(C(N)=O)cc4)co3)cnc21. The second-order valence-electron chi connectivity index (χ2n) is 8.93. The Labute approximate surface area is 213 Å². The Morgan fingerprint density at radius 1 is 1.16 bits per heavy atom. The van der Waals surface area contributed by atoms with Crippen molar-refractivity contribution in [1.82, 2.24) is 25.1 Å². The molecule has 11 heteroatoms. The first-order valence-corrected chi connectivity index (χ1v) is 12.3. The van der Waals surface area contributed by atoms with Crippen LogP contribution in [0.1, 0.15) is 41.4 Å². The maximum absolute atomic E-state index is 12.5. The lowest BCUT2D eigenvalue weighted by Gasteiger charge is -2.25. The first kappa shape index (κ1) is 24.4. The number of carbonyl (C=O) groups excluding carboxylic acids is 2. The molecular formula is C26H29N7O4. The molecule has 1 aliphatic heterocycles. The maximum atomic E-state index is 12.5. The van der Waals surface area contributed by atoms with Crippen molar-refractivity contribution in [2.75, 3.05) is 18.5 Å². The number of nitrogens with two attached hydrogens (primary N) is 1. The van der Waals surface area contributed by atoms with E-state index in [4.69, 9.17) is 14.9 Å². The standard InChI is InChI=1S/C26H29N7O4/c1-2-33-25-20(14-30-33)23(31-18-7-9-36-10-8-18)21(13-29-25)26-32-19(15-37-26)11-22(34)28-12-16-3-5-17(6-4-16)24(27)35/h3-6,13-15,18H,2,7-12H2,1H3,(H2,27,35)(H,28,34)(H,29,31). The van der Waals surface area contributed by atoms with E-state index in [0.717, 1.165) is 40.7 Å². The topological polar surface area (TPSA) is 150 Å². The minimum Gasteiger partial charge on any atom is -0.444 e. The third-order valence-electron chi connectivity index (χ3n) is 6.39. The number of primary amides is 1. The molecule has 11 nitrogen and oxygen atoms in total. The van der Waals surface area contributed by atoms with E-state index >= 15 is 0 Å². The Balaban J connectivity index is 1.31. The maximum Gasteiger partial charge on any atom is 0.248 e. The van der Waals surface area contributed by atoms with E-state index in [0.29, 0.717) is 43.5 Å². The van der Waals surface area contributed by atoms with Gasteiger partial charge in [0.1, 0.15) is 6.26 Å². The minimum atomic E-state index is -0.489. The van der Waals surface area contributed by atoms with E-state index in [2.05, 4.69) is 25.7 Å². The van der Waals surface area contributed by atoms with Crippen LogP contribution in [0.15, 0.2) is 47.3 Å². The first-order chi connectivity index (χ1) is 18.0. The van der Waals surface area contributed by atoms with Crippen LogP contribution in [0, 0.1) is 0 Å². The zero-order valence-corrected chi connectivity index (χ0v) is 20.6. The van der Waals surface area contributed by atoms with E-state index in [9.17, 15) is 9.59 Å². The van der Waals surface area contributed by atoms with Gasteiger partial charge in [0, 0.05) is 44.1 Å². The smallest absolute Gasteiger partial charge is 0.248 e. The summed E-state index contributed by atoms with van der Waals surface area (Å²) in [5.41, 5.74) is 9.43. The Kier molecular flexibility index (Phi) is 7.13. The number of benzene rings is 1. The van der Waals surface area contributed by atoms with Crippen LogP contribution in [0.3, 0.4) is 0 Å². The number of anilines is 1. The lowest BCUT2D eigenvalue weighted by atomic mass is 10.1. The quantitative estimate of drug-likeness (QED) is 0.315. The molecule has 0 atom stereocenters. The zero-order chi connectivity index (χ0) is 25.8. The number of fused-ring (bicyclic) bond motifs is 1. The summed E-state index contributed by atoms with van der Waals surface area (Å²) in [5.74, 6) is -0.299. The van der Waals surface area contributed by atoms with Crippen molar-refractivity contribution in [3.63, 3.8) is 0 Å². The van der Waals surface area contributed by atoms with Gasteiger partial charge < -0.3 is 25.5 Å². The molecule has 37 heavy (non-hydrogen) atoms. The lowest BCUT2D eigenvalue weighted by molar-refractivity contribution is -0.120. The van der Waals surface area contributed by atoms with E-state index in [1.54, 1.807) is 30.5 Å². The molecule has 0 unspecified atom stereocenters. The average Bonchev–Trinajstić information content (AvgIpc) is 3.55. The van der Waals surface area contributed by atoms with Crippen LogP contribution in [0.2, 0.25) is 0 Å². The molecule has 0 spiro atoms. The van der Waals surface area contributed by atoms with Crippen LogP contribution in [0.5, 0.6) is 0 Å². The molecule has 192 valence electrons. The number of hydrogen-bond donors (Lipinski definition) is 3. The normalized spacial score (nSPS) is 14.1. The van der Waals surface area contributed by atoms with Crippen LogP contribution < -0.4 is 16.4 Å². The number of nitrogens with zero attached hydrogens (tertiary/aromatic N) is 4. The average molecular weight is 504 g/mol. The number of carbonyl (C=O) groups is 2. The van der Waals surface area contributed by atoms with E-state index in [1.165, 1.54) is 6.26 Å². The second kappa shape index (κ2) is 10.8. The van der Waals surface area contributed by atoms with Gasteiger partial charge in [-0.25, -0.2) is 14.6 Å². The molecule has 4 N–H and O–H groups in total. The van der Waals surface area contributed by atoms with Gasteiger partial charge in [0.15, 0.2) is 5.65 Å². The Morgan fingerprint density at radius 2 is 1.95 bits per heavy atom. The monoisotopic (exact) mass is 503 g/mol. The van der Waals surface area contributed by atoms with Crippen LogP contribution in [-0.4, -0.2) is 50.8 Å². The van der Waals surface area contributed by atoms with Crippen LogP contribution in [-0.2, 0) is 29.0 Å². The number of amides is 2. The van der Waals surface area contributed by atoms with E-state index in [1.807, 2.05) is 17.8 Å². The predicted octanol–water partition coefficient (Wildman–Crippen LogP) is 2.65. The summed E-state index contributed by atoms with van der Waals surface area (Å²) < 4.78 is 13.2. The Hall–Kier alpha value is -4.25. The van der Waals surface area contributed by atoms with Crippen molar-refractivity contribution in [1.29, 1.82) is 0 Å². The van der Waals surface area contributed by atoms with Gasteiger partial charge in [-0.05, 0) is 37.5 Å².